The maximum Gasteiger partial charge on any atom is 0.412 e. The van der Waals surface area contributed by atoms with Crippen molar-refractivity contribution in [3.8, 4) is 0 Å². The molecule has 0 N–H and O–H groups in total. The van der Waals surface area contributed by atoms with Gasteiger partial charge in [-0.2, -0.15) is 24.9 Å². The zero-order valence-corrected chi connectivity index (χ0v) is 7.93. The number of alkyl halides is 3. The summed E-state index contributed by atoms with van der Waals surface area (Å²) in [5.41, 5.74) is -0.433. The van der Waals surface area contributed by atoms with Crippen LogP contribution in [0.2, 0.25) is 0 Å². The van der Waals surface area contributed by atoms with Gasteiger partial charge in [-0.15, -0.1) is 0 Å². The molecule has 0 saturated heterocycles. The summed E-state index contributed by atoms with van der Waals surface area (Å²) in [6.45, 7) is 3.32. The van der Waals surface area contributed by atoms with E-state index < -0.39 is 11.7 Å². The molecule has 0 atom stereocenters. The molecule has 0 heterocycles. The second kappa shape index (κ2) is 5.51. The van der Waals surface area contributed by atoms with E-state index in [1.807, 2.05) is 0 Å². The fourth-order valence-electron chi connectivity index (χ4n) is 0.705. The Balaban J connectivity index is 4.05. The van der Waals surface area contributed by atoms with Gasteiger partial charge in [0, 0.05) is 17.1 Å². The lowest BCUT2D eigenvalue weighted by molar-refractivity contribution is -0.0936. The van der Waals surface area contributed by atoms with E-state index in [2.05, 4.69) is 0 Å². The van der Waals surface area contributed by atoms with Crippen LogP contribution in [0.5, 0.6) is 0 Å². The lowest BCUT2D eigenvalue weighted by Gasteiger charge is -2.08. The second-order valence-electron chi connectivity index (χ2n) is 2.15. The number of thioether (sulfide) groups is 1. The van der Waals surface area contributed by atoms with Crippen molar-refractivity contribution >= 4 is 11.8 Å². The third-order valence-electron chi connectivity index (χ3n) is 1.34. The normalized spacial score (nSPS) is 13.6. The topological polar surface area (TPSA) is 0 Å². The zero-order valence-electron chi connectivity index (χ0n) is 7.11. The van der Waals surface area contributed by atoms with Gasteiger partial charge in [0.1, 0.15) is 0 Å². The van der Waals surface area contributed by atoms with Crippen LogP contribution in [0.15, 0.2) is 11.6 Å². The molecular formula is C8H12F3S. The first kappa shape index (κ1) is 11.9. The maximum absolute atomic E-state index is 12.1. The van der Waals surface area contributed by atoms with Crippen molar-refractivity contribution < 1.29 is 13.2 Å². The first-order valence-corrected chi connectivity index (χ1v) is 4.73. The molecule has 0 aliphatic carbocycles. The van der Waals surface area contributed by atoms with Crippen LogP contribution in [-0.4, -0.2) is 11.9 Å². The summed E-state index contributed by atoms with van der Waals surface area (Å²) < 4.78 is 36.2. The van der Waals surface area contributed by atoms with Crippen LogP contribution in [0.25, 0.3) is 0 Å². The van der Waals surface area contributed by atoms with E-state index in [0.29, 0.717) is 5.75 Å². The Morgan fingerprint density at radius 3 is 2.33 bits per heavy atom. The highest BCUT2D eigenvalue weighted by atomic mass is 32.2. The number of halogens is 3. The van der Waals surface area contributed by atoms with Gasteiger partial charge < -0.3 is 0 Å². The van der Waals surface area contributed by atoms with Gasteiger partial charge in [-0.1, -0.05) is 19.9 Å². The van der Waals surface area contributed by atoms with Gasteiger partial charge in [0.05, 0.1) is 0 Å². The summed E-state index contributed by atoms with van der Waals surface area (Å²) in [6.07, 6.45) is -2.86. The largest absolute Gasteiger partial charge is 0.412 e. The predicted molar refractivity (Wildman–Crippen MR) is 46.9 cm³/mol. The molecule has 0 aliphatic rings. The fraction of sp³-hybridized carbons (Fsp3) is 0.625. The number of rotatable bonds is 4. The number of allylic oxidation sites excluding steroid dienone is 1. The van der Waals surface area contributed by atoms with E-state index in [4.69, 9.17) is 0 Å². The van der Waals surface area contributed by atoms with Crippen molar-refractivity contribution in [1.82, 2.24) is 0 Å². The molecule has 0 amide bonds. The Kier molecular flexibility index (Phi) is 5.46. The van der Waals surface area contributed by atoms with E-state index in [9.17, 15) is 13.2 Å². The summed E-state index contributed by atoms with van der Waals surface area (Å²) in [7, 11) is 0. The minimum absolute atomic E-state index is 0.0494. The highest BCUT2D eigenvalue weighted by Crippen LogP contribution is 2.28. The van der Waals surface area contributed by atoms with Gasteiger partial charge in [-0.05, 0) is 6.42 Å². The molecule has 0 aromatic carbocycles. The third-order valence-corrected chi connectivity index (χ3v) is 2.03. The summed E-state index contributed by atoms with van der Waals surface area (Å²) in [6, 6.07) is 0. The molecule has 12 heavy (non-hydrogen) atoms. The van der Waals surface area contributed by atoms with Crippen LogP contribution in [0.1, 0.15) is 20.3 Å². The van der Waals surface area contributed by atoms with E-state index >= 15 is 0 Å². The summed E-state index contributed by atoms with van der Waals surface area (Å²) in [5.74, 6) is 2.18. The predicted octanol–water partition coefficient (Wildman–Crippen LogP) is 3.80. The molecule has 0 saturated carbocycles. The van der Waals surface area contributed by atoms with Crippen molar-refractivity contribution in [3.63, 3.8) is 0 Å². The lowest BCUT2D eigenvalue weighted by Crippen LogP contribution is -2.11. The van der Waals surface area contributed by atoms with Crippen molar-refractivity contribution in [2.45, 2.75) is 26.4 Å². The standard InChI is InChI=1S/C8H12F3S/c1-3-7(8(9,10)11)5-6-12-4-2/h4-5H,3,6H2,1-2H3/b7-5-. The van der Waals surface area contributed by atoms with Crippen molar-refractivity contribution in [2.24, 2.45) is 0 Å². The quantitative estimate of drug-likeness (QED) is 0.488. The molecule has 0 aromatic rings. The van der Waals surface area contributed by atoms with Crippen LogP contribution >= 0.6 is 11.8 Å². The number of hydrogen-bond acceptors (Lipinski definition) is 1. The van der Waals surface area contributed by atoms with Crippen LogP contribution in [0.3, 0.4) is 0 Å². The van der Waals surface area contributed by atoms with E-state index in [0.717, 1.165) is 0 Å². The molecule has 0 aliphatic heterocycles. The van der Waals surface area contributed by atoms with Crippen LogP contribution < -0.4 is 0 Å². The highest BCUT2D eigenvalue weighted by Gasteiger charge is 2.31. The Labute approximate surface area is 75.2 Å². The summed E-state index contributed by atoms with van der Waals surface area (Å²) >= 11 is 1.37. The lowest BCUT2D eigenvalue weighted by atomic mass is 10.2. The van der Waals surface area contributed by atoms with Gasteiger partial charge in [-0.3, -0.25) is 0 Å². The molecule has 0 aromatic heterocycles. The molecule has 1 radical (unpaired) electrons. The molecule has 4 heteroatoms. The Bertz CT molecular complexity index is 149. The SMILES string of the molecule is C[CH]SC/C=C(/CC)C(F)(F)F. The minimum Gasteiger partial charge on any atom is -0.166 e. The third kappa shape index (κ3) is 4.70. The first-order chi connectivity index (χ1) is 5.52. The maximum atomic E-state index is 12.1. The highest BCUT2D eigenvalue weighted by molar-refractivity contribution is 8.01. The van der Waals surface area contributed by atoms with Gasteiger partial charge >= 0.3 is 6.18 Å². The average Bonchev–Trinajstić information content (AvgIpc) is 1.95. The molecular weight excluding hydrogens is 185 g/mol. The zero-order chi connectivity index (χ0) is 9.61. The van der Waals surface area contributed by atoms with Gasteiger partial charge in [-0.25, -0.2) is 0 Å². The van der Waals surface area contributed by atoms with Crippen molar-refractivity contribution in [3.05, 3.63) is 17.4 Å². The van der Waals surface area contributed by atoms with E-state index in [1.54, 1.807) is 12.7 Å². The molecule has 0 unspecified atom stereocenters. The molecule has 0 fully saturated rings. The van der Waals surface area contributed by atoms with E-state index in [1.165, 1.54) is 24.8 Å². The number of hydrogen-bond donors (Lipinski definition) is 0. The fourth-order valence-corrected chi connectivity index (χ4v) is 1.20. The molecule has 0 nitrogen and oxygen atoms in total. The Morgan fingerprint density at radius 2 is 2.00 bits per heavy atom. The molecule has 0 spiro atoms. The molecule has 71 valence electrons. The Morgan fingerprint density at radius 1 is 1.42 bits per heavy atom. The van der Waals surface area contributed by atoms with Crippen molar-refractivity contribution in [2.75, 3.05) is 5.75 Å². The van der Waals surface area contributed by atoms with Gasteiger partial charge in [0.15, 0.2) is 0 Å². The van der Waals surface area contributed by atoms with Crippen LogP contribution in [-0.2, 0) is 0 Å². The molecule has 0 bridgehead atoms. The average molecular weight is 197 g/mol. The van der Waals surface area contributed by atoms with E-state index in [-0.39, 0.29) is 6.42 Å². The summed E-state index contributed by atoms with van der Waals surface area (Å²) in [5, 5.41) is 0. The Hall–Kier alpha value is -0.120. The van der Waals surface area contributed by atoms with Crippen molar-refractivity contribution in [1.29, 1.82) is 0 Å². The monoisotopic (exact) mass is 197 g/mol. The van der Waals surface area contributed by atoms with Crippen LogP contribution in [0, 0.1) is 5.75 Å². The first-order valence-electron chi connectivity index (χ1n) is 3.68. The van der Waals surface area contributed by atoms with Crippen LogP contribution in [0.4, 0.5) is 13.2 Å². The minimum atomic E-state index is -4.15. The van der Waals surface area contributed by atoms with Gasteiger partial charge in [0.2, 0.25) is 0 Å². The smallest absolute Gasteiger partial charge is 0.166 e. The summed E-state index contributed by atoms with van der Waals surface area (Å²) in [4.78, 5) is 0. The second-order valence-corrected chi connectivity index (χ2v) is 3.29. The van der Waals surface area contributed by atoms with Gasteiger partial charge in [0.25, 0.3) is 0 Å². The molecule has 0 rings (SSSR count).